The topological polar surface area (TPSA) is 61.4 Å². The molecule has 0 unspecified atom stereocenters. The summed E-state index contributed by atoms with van der Waals surface area (Å²) < 4.78 is 13.4. The van der Waals surface area contributed by atoms with Gasteiger partial charge in [-0.15, -0.1) is 0 Å². The van der Waals surface area contributed by atoms with Gasteiger partial charge in [0.05, 0.1) is 12.2 Å². The van der Waals surface area contributed by atoms with Gasteiger partial charge >= 0.3 is 6.03 Å². The molecule has 0 radical (unpaired) electrons. The summed E-state index contributed by atoms with van der Waals surface area (Å²) in [6.45, 7) is 6.20. The Morgan fingerprint density at radius 2 is 1.86 bits per heavy atom. The maximum Gasteiger partial charge on any atom is 0.326 e. The van der Waals surface area contributed by atoms with Crippen LogP contribution in [0.25, 0.3) is 0 Å². The van der Waals surface area contributed by atoms with Gasteiger partial charge in [0.1, 0.15) is 5.82 Å². The lowest BCUT2D eigenvalue weighted by Crippen LogP contribution is -2.46. The molecular weight excluding hydrogens is 285 g/mol. The number of piperidine rings is 1. The number of imide groups is 1. The van der Waals surface area contributed by atoms with E-state index in [1.54, 1.807) is 6.07 Å². The van der Waals surface area contributed by atoms with Crippen molar-refractivity contribution in [2.75, 3.05) is 25.0 Å². The van der Waals surface area contributed by atoms with Crippen LogP contribution in [0.1, 0.15) is 20.3 Å². The minimum absolute atomic E-state index is 0.0491. The molecule has 2 rings (SSSR count). The lowest BCUT2D eigenvalue weighted by molar-refractivity contribution is -0.121. The van der Waals surface area contributed by atoms with Crippen molar-refractivity contribution in [3.8, 4) is 0 Å². The average molecular weight is 307 g/mol. The standard InChI is InChI=1S/C16H22FN3O2/c1-11-7-12(2)9-20(8-11)10-15(21)19-16(22)18-14-6-4-3-5-13(14)17/h3-6,11-12H,7-10H2,1-2H3,(H2,18,19,21,22)/t11-,12-/m0/s1. The number of anilines is 1. The number of likely N-dealkylation sites (tertiary alicyclic amines) is 1. The Labute approximate surface area is 129 Å². The lowest BCUT2D eigenvalue weighted by Gasteiger charge is -2.34. The molecule has 1 saturated heterocycles. The van der Waals surface area contributed by atoms with E-state index in [1.165, 1.54) is 18.2 Å². The zero-order valence-electron chi connectivity index (χ0n) is 12.9. The summed E-state index contributed by atoms with van der Waals surface area (Å²) >= 11 is 0. The molecule has 6 heteroatoms. The van der Waals surface area contributed by atoms with Crippen molar-refractivity contribution >= 4 is 17.6 Å². The molecule has 2 N–H and O–H groups in total. The van der Waals surface area contributed by atoms with Crippen molar-refractivity contribution in [2.45, 2.75) is 20.3 Å². The summed E-state index contributed by atoms with van der Waals surface area (Å²) in [5.41, 5.74) is 0.0491. The predicted molar refractivity (Wildman–Crippen MR) is 82.9 cm³/mol. The van der Waals surface area contributed by atoms with Gasteiger partial charge in [-0.3, -0.25) is 15.0 Å². The SMILES string of the molecule is C[C@H]1C[C@H](C)CN(CC(=O)NC(=O)Nc2ccccc2F)C1. The summed E-state index contributed by atoms with van der Waals surface area (Å²) in [7, 11) is 0. The Morgan fingerprint density at radius 1 is 1.23 bits per heavy atom. The van der Waals surface area contributed by atoms with E-state index < -0.39 is 11.8 Å². The van der Waals surface area contributed by atoms with E-state index in [4.69, 9.17) is 0 Å². The number of hydrogen-bond acceptors (Lipinski definition) is 3. The molecule has 1 heterocycles. The summed E-state index contributed by atoms with van der Waals surface area (Å²) in [5.74, 6) is 0.173. The number of nitrogens with one attached hydrogen (secondary N) is 2. The maximum absolute atomic E-state index is 13.4. The highest BCUT2D eigenvalue weighted by molar-refractivity contribution is 6.01. The third-order valence-corrected chi connectivity index (χ3v) is 3.69. The van der Waals surface area contributed by atoms with Crippen molar-refractivity contribution in [3.63, 3.8) is 0 Å². The third kappa shape index (κ3) is 4.80. The molecule has 2 atom stereocenters. The Kier molecular flexibility index (Phi) is 5.49. The van der Waals surface area contributed by atoms with E-state index in [9.17, 15) is 14.0 Å². The number of para-hydroxylation sites is 1. The quantitative estimate of drug-likeness (QED) is 0.901. The predicted octanol–water partition coefficient (Wildman–Crippen LogP) is 2.45. The van der Waals surface area contributed by atoms with Crippen molar-refractivity contribution in [1.29, 1.82) is 0 Å². The highest BCUT2D eigenvalue weighted by Gasteiger charge is 2.23. The molecule has 1 aliphatic heterocycles. The van der Waals surface area contributed by atoms with E-state index in [0.29, 0.717) is 11.8 Å². The minimum Gasteiger partial charge on any atom is -0.305 e. The Bertz CT molecular complexity index is 540. The van der Waals surface area contributed by atoms with Crippen molar-refractivity contribution in [1.82, 2.24) is 10.2 Å². The molecule has 120 valence electrons. The highest BCUT2D eigenvalue weighted by atomic mass is 19.1. The Hall–Kier alpha value is -1.95. The van der Waals surface area contributed by atoms with Crippen LogP contribution in [-0.2, 0) is 4.79 Å². The molecule has 5 nitrogen and oxygen atoms in total. The van der Waals surface area contributed by atoms with Gasteiger partial charge in [0, 0.05) is 13.1 Å². The van der Waals surface area contributed by atoms with Gasteiger partial charge in [0.2, 0.25) is 5.91 Å². The maximum atomic E-state index is 13.4. The molecule has 0 saturated carbocycles. The van der Waals surface area contributed by atoms with E-state index in [2.05, 4.69) is 24.5 Å². The first-order chi connectivity index (χ1) is 10.4. The molecule has 1 aliphatic rings. The first kappa shape index (κ1) is 16.4. The number of carbonyl (C=O) groups excluding carboxylic acids is 2. The van der Waals surface area contributed by atoms with Crippen LogP contribution in [0.3, 0.4) is 0 Å². The molecule has 0 aromatic heterocycles. The molecule has 1 fully saturated rings. The molecule has 0 spiro atoms. The highest BCUT2D eigenvalue weighted by Crippen LogP contribution is 2.20. The minimum atomic E-state index is -0.715. The zero-order chi connectivity index (χ0) is 16.1. The van der Waals surface area contributed by atoms with Gasteiger partial charge in [0.25, 0.3) is 0 Å². The number of hydrogen-bond donors (Lipinski definition) is 2. The fourth-order valence-electron chi connectivity index (χ4n) is 3.01. The smallest absolute Gasteiger partial charge is 0.305 e. The summed E-state index contributed by atoms with van der Waals surface area (Å²) in [4.78, 5) is 25.7. The van der Waals surface area contributed by atoms with Crippen LogP contribution < -0.4 is 10.6 Å². The number of carbonyl (C=O) groups is 2. The Morgan fingerprint density at radius 3 is 2.50 bits per heavy atom. The second-order valence-electron chi connectivity index (χ2n) is 6.12. The first-order valence-electron chi connectivity index (χ1n) is 7.51. The fraction of sp³-hybridized carbons (Fsp3) is 0.500. The van der Waals surface area contributed by atoms with Crippen LogP contribution in [0.4, 0.5) is 14.9 Å². The normalized spacial score (nSPS) is 22.1. The number of benzene rings is 1. The number of amides is 3. The third-order valence-electron chi connectivity index (χ3n) is 3.69. The number of urea groups is 1. The number of nitrogens with zero attached hydrogens (tertiary/aromatic N) is 1. The van der Waals surface area contributed by atoms with Crippen LogP contribution in [-0.4, -0.2) is 36.5 Å². The van der Waals surface area contributed by atoms with Gasteiger partial charge in [-0.1, -0.05) is 26.0 Å². The molecule has 22 heavy (non-hydrogen) atoms. The molecule has 0 aliphatic carbocycles. The largest absolute Gasteiger partial charge is 0.326 e. The van der Waals surface area contributed by atoms with Gasteiger partial charge < -0.3 is 5.32 Å². The summed E-state index contributed by atoms with van der Waals surface area (Å²) in [6, 6.07) is 5.11. The Balaban J connectivity index is 1.81. The van der Waals surface area contributed by atoms with Crippen LogP contribution >= 0.6 is 0 Å². The molecule has 3 amide bonds. The molecule has 1 aromatic rings. The van der Waals surface area contributed by atoms with Crippen LogP contribution in [0.2, 0.25) is 0 Å². The van der Waals surface area contributed by atoms with Gasteiger partial charge in [-0.25, -0.2) is 9.18 Å². The monoisotopic (exact) mass is 307 g/mol. The number of rotatable bonds is 3. The van der Waals surface area contributed by atoms with Gasteiger partial charge in [0.15, 0.2) is 0 Å². The van der Waals surface area contributed by atoms with Crippen LogP contribution in [0.5, 0.6) is 0 Å². The van der Waals surface area contributed by atoms with E-state index in [1.807, 2.05) is 4.90 Å². The molecular formula is C16H22FN3O2. The van der Waals surface area contributed by atoms with Gasteiger partial charge in [-0.05, 0) is 30.4 Å². The summed E-state index contributed by atoms with van der Waals surface area (Å²) in [6.07, 6.45) is 1.16. The molecule has 1 aromatic carbocycles. The van der Waals surface area contributed by atoms with E-state index >= 15 is 0 Å². The van der Waals surface area contributed by atoms with E-state index in [-0.39, 0.29) is 18.1 Å². The second kappa shape index (κ2) is 7.35. The first-order valence-corrected chi connectivity index (χ1v) is 7.51. The van der Waals surface area contributed by atoms with Crippen molar-refractivity contribution in [3.05, 3.63) is 30.1 Å². The molecule has 0 bridgehead atoms. The number of halogens is 1. The van der Waals surface area contributed by atoms with Gasteiger partial charge in [-0.2, -0.15) is 0 Å². The lowest BCUT2D eigenvalue weighted by atomic mass is 9.92. The van der Waals surface area contributed by atoms with Crippen molar-refractivity contribution < 1.29 is 14.0 Å². The van der Waals surface area contributed by atoms with Crippen LogP contribution in [0.15, 0.2) is 24.3 Å². The van der Waals surface area contributed by atoms with E-state index in [0.717, 1.165) is 19.5 Å². The van der Waals surface area contributed by atoms with Crippen LogP contribution in [0, 0.1) is 17.7 Å². The van der Waals surface area contributed by atoms with Crippen molar-refractivity contribution in [2.24, 2.45) is 11.8 Å². The summed E-state index contributed by atoms with van der Waals surface area (Å²) in [5, 5.41) is 4.57. The average Bonchev–Trinajstić information content (AvgIpc) is 2.39. The second-order valence-corrected chi connectivity index (χ2v) is 6.12. The fourth-order valence-corrected chi connectivity index (χ4v) is 3.01. The zero-order valence-corrected chi connectivity index (χ0v) is 12.9.